The van der Waals surface area contributed by atoms with Crippen molar-refractivity contribution in [3.63, 3.8) is 0 Å². The zero-order valence-electron chi connectivity index (χ0n) is 19.1. The number of nitrogens with one attached hydrogen (secondary N) is 1. The van der Waals surface area contributed by atoms with Crippen molar-refractivity contribution in [2.24, 2.45) is 4.99 Å². The molecule has 30 heavy (non-hydrogen) atoms. The van der Waals surface area contributed by atoms with E-state index in [0.29, 0.717) is 13.1 Å². The first kappa shape index (κ1) is 23.3. The van der Waals surface area contributed by atoms with Gasteiger partial charge < -0.3 is 29.3 Å². The first-order valence-electron chi connectivity index (χ1n) is 9.86. The molecule has 164 valence electrons. The molecular weight excluding hydrogens is 380 g/mol. The van der Waals surface area contributed by atoms with Gasteiger partial charge >= 0.3 is 0 Å². The number of aliphatic imine (C=N–C) groups is 1. The Morgan fingerprint density at radius 3 is 2.27 bits per heavy atom. The minimum atomic E-state index is 0.167. The normalized spacial score (nSPS) is 12.5. The van der Waals surface area contributed by atoms with E-state index in [1.54, 1.807) is 28.4 Å². The summed E-state index contributed by atoms with van der Waals surface area (Å²) in [6.45, 7) is 1.36. The fourth-order valence-electron chi connectivity index (χ4n) is 3.33. The minimum Gasteiger partial charge on any atom is -0.497 e. The van der Waals surface area contributed by atoms with Crippen LogP contribution in [0.3, 0.4) is 0 Å². The van der Waals surface area contributed by atoms with Crippen LogP contribution in [0.1, 0.15) is 17.2 Å². The van der Waals surface area contributed by atoms with E-state index in [1.165, 1.54) is 5.56 Å². The molecule has 1 N–H and O–H groups in total. The number of likely N-dealkylation sites (N-methyl/N-ethyl adjacent to an activating group) is 1. The van der Waals surface area contributed by atoms with Gasteiger partial charge in [0, 0.05) is 38.8 Å². The van der Waals surface area contributed by atoms with Gasteiger partial charge in [-0.1, -0.05) is 12.1 Å². The highest BCUT2D eigenvalue weighted by Gasteiger charge is 2.17. The average Bonchev–Trinajstić information content (AvgIpc) is 2.76. The molecule has 0 amide bonds. The van der Waals surface area contributed by atoms with Crippen molar-refractivity contribution >= 4 is 5.96 Å². The molecule has 1 unspecified atom stereocenters. The van der Waals surface area contributed by atoms with Crippen molar-refractivity contribution in [3.05, 3.63) is 53.6 Å². The van der Waals surface area contributed by atoms with Crippen LogP contribution in [0.15, 0.2) is 47.5 Å². The van der Waals surface area contributed by atoms with Crippen LogP contribution in [-0.2, 0) is 6.54 Å². The Balaban J connectivity index is 2.10. The molecule has 0 spiro atoms. The zero-order chi connectivity index (χ0) is 22.1. The predicted octanol–water partition coefficient (Wildman–Crippen LogP) is 3.02. The van der Waals surface area contributed by atoms with Crippen LogP contribution in [0, 0.1) is 0 Å². The molecule has 2 rings (SSSR count). The largest absolute Gasteiger partial charge is 0.497 e. The Kier molecular flexibility index (Phi) is 8.80. The second-order valence-electron chi connectivity index (χ2n) is 7.22. The molecule has 7 nitrogen and oxygen atoms in total. The number of guanidine groups is 1. The van der Waals surface area contributed by atoms with E-state index >= 15 is 0 Å². The molecular formula is C23H34N4O3. The minimum absolute atomic E-state index is 0.167. The summed E-state index contributed by atoms with van der Waals surface area (Å²) in [5, 5.41) is 3.49. The summed E-state index contributed by atoms with van der Waals surface area (Å²) >= 11 is 0. The van der Waals surface area contributed by atoms with Crippen LogP contribution in [0.25, 0.3) is 0 Å². The van der Waals surface area contributed by atoms with Crippen molar-refractivity contribution in [2.75, 3.05) is 56.1 Å². The third kappa shape index (κ3) is 6.03. The summed E-state index contributed by atoms with van der Waals surface area (Å²) in [6, 6.07) is 14.2. The number of nitrogens with zero attached hydrogens (tertiary/aromatic N) is 3. The molecule has 0 saturated carbocycles. The Morgan fingerprint density at radius 2 is 1.67 bits per heavy atom. The second kappa shape index (κ2) is 11.3. The molecule has 0 aromatic heterocycles. The van der Waals surface area contributed by atoms with Crippen molar-refractivity contribution in [2.45, 2.75) is 12.6 Å². The van der Waals surface area contributed by atoms with Crippen molar-refractivity contribution in [1.82, 2.24) is 15.1 Å². The molecule has 0 saturated heterocycles. The van der Waals surface area contributed by atoms with E-state index in [4.69, 9.17) is 14.2 Å². The average molecular weight is 415 g/mol. The van der Waals surface area contributed by atoms with Gasteiger partial charge in [-0.05, 0) is 43.9 Å². The smallest absolute Gasteiger partial charge is 0.193 e. The van der Waals surface area contributed by atoms with Gasteiger partial charge in [-0.25, -0.2) is 0 Å². The third-order valence-electron chi connectivity index (χ3n) is 5.03. The van der Waals surface area contributed by atoms with Gasteiger partial charge in [0.05, 0.1) is 27.4 Å². The Labute approximate surface area is 180 Å². The fourth-order valence-corrected chi connectivity index (χ4v) is 3.33. The van der Waals surface area contributed by atoms with E-state index < -0.39 is 0 Å². The maximum absolute atomic E-state index is 5.53. The highest BCUT2D eigenvalue weighted by atomic mass is 16.5. The van der Waals surface area contributed by atoms with Gasteiger partial charge in [-0.3, -0.25) is 4.99 Å². The number of benzene rings is 2. The number of methoxy groups -OCH3 is 3. The fraction of sp³-hybridized carbons (Fsp3) is 0.435. The molecule has 2 aromatic rings. The zero-order valence-corrected chi connectivity index (χ0v) is 19.1. The van der Waals surface area contributed by atoms with Gasteiger partial charge in [0.15, 0.2) is 5.96 Å². The maximum atomic E-state index is 5.53. The van der Waals surface area contributed by atoms with Crippen LogP contribution in [0.2, 0.25) is 0 Å². The van der Waals surface area contributed by atoms with E-state index in [-0.39, 0.29) is 6.04 Å². The van der Waals surface area contributed by atoms with Gasteiger partial charge in [-0.15, -0.1) is 0 Å². The molecule has 1 atom stereocenters. The Hall–Kier alpha value is -2.93. The first-order chi connectivity index (χ1) is 14.4. The van der Waals surface area contributed by atoms with Crippen molar-refractivity contribution in [1.29, 1.82) is 0 Å². The maximum Gasteiger partial charge on any atom is 0.193 e. The monoisotopic (exact) mass is 414 g/mol. The molecule has 0 aliphatic rings. The Bertz CT molecular complexity index is 839. The van der Waals surface area contributed by atoms with Crippen molar-refractivity contribution in [3.8, 4) is 17.2 Å². The lowest BCUT2D eigenvalue weighted by molar-refractivity contribution is 0.294. The highest BCUT2D eigenvalue weighted by molar-refractivity contribution is 5.79. The van der Waals surface area contributed by atoms with Crippen molar-refractivity contribution < 1.29 is 14.2 Å². The number of rotatable bonds is 9. The summed E-state index contributed by atoms with van der Waals surface area (Å²) in [4.78, 5) is 8.71. The summed E-state index contributed by atoms with van der Waals surface area (Å²) in [5.74, 6) is 3.22. The standard InChI is InChI=1S/C23H34N4O3/c1-24-23(27(4)16-18-11-12-20(29-6)14-22(18)30-7)25-15-21(26(2)3)17-9-8-10-19(13-17)28-5/h8-14,21H,15-16H2,1-7H3,(H,24,25). The highest BCUT2D eigenvalue weighted by Crippen LogP contribution is 2.26. The summed E-state index contributed by atoms with van der Waals surface area (Å²) in [6.07, 6.45) is 0. The summed E-state index contributed by atoms with van der Waals surface area (Å²) in [5.41, 5.74) is 2.24. The van der Waals surface area contributed by atoms with Crippen LogP contribution < -0.4 is 19.5 Å². The Morgan fingerprint density at radius 1 is 0.967 bits per heavy atom. The summed E-state index contributed by atoms with van der Waals surface area (Å²) < 4.78 is 16.2. The molecule has 2 aromatic carbocycles. The van der Waals surface area contributed by atoms with E-state index in [9.17, 15) is 0 Å². The molecule has 0 bridgehead atoms. The molecule has 0 heterocycles. The number of ether oxygens (including phenoxy) is 3. The molecule has 0 radical (unpaired) electrons. The second-order valence-corrected chi connectivity index (χ2v) is 7.22. The molecule has 0 aliphatic carbocycles. The van der Waals surface area contributed by atoms with Gasteiger partial charge in [0.25, 0.3) is 0 Å². The van der Waals surface area contributed by atoms with Crippen LogP contribution in [0.4, 0.5) is 0 Å². The van der Waals surface area contributed by atoms with Crippen LogP contribution in [0.5, 0.6) is 17.2 Å². The van der Waals surface area contributed by atoms with Crippen LogP contribution >= 0.6 is 0 Å². The third-order valence-corrected chi connectivity index (χ3v) is 5.03. The SMILES string of the molecule is CN=C(NCC(c1cccc(OC)c1)N(C)C)N(C)Cc1ccc(OC)cc1OC. The molecule has 0 fully saturated rings. The molecule has 0 aliphatic heterocycles. The van der Waals surface area contributed by atoms with Gasteiger partial charge in [-0.2, -0.15) is 0 Å². The van der Waals surface area contributed by atoms with Gasteiger partial charge in [0.1, 0.15) is 17.2 Å². The number of hydrogen-bond donors (Lipinski definition) is 1. The lowest BCUT2D eigenvalue weighted by atomic mass is 10.1. The first-order valence-corrected chi connectivity index (χ1v) is 9.86. The van der Waals surface area contributed by atoms with E-state index in [2.05, 4.69) is 46.3 Å². The quantitative estimate of drug-likeness (QED) is 0.503. The predicted molar refractivity (Wildman–Crippen MR) is 122 cm³/mol. The lowest BCUT2D eigenvalue weighted by Crippen LogP contribution is -2.42. The van der Waals surface area contributed by atoms with Gasteiger partial charge in [0.2, 0.25) is 0 Å². The van der Waals surface area contributed by atoms with E-state index in [1.807, 2.05) is 37.4 Å². The lowest BCUT2D eigenvalue weighted by Gasteiger charge is -2.29. The van der Waals surface area contributed by atoms with E-state index in [0.717, 1.165) is 28.8 Å². The molecule has 7 heteroatoms. The number of hydrogen-bond acceptors (Lipinski definition) is 5. The summed E-state index contributed by atoms with van der Waals surface area (Å²) in [7, 11) is 12.9. The topological polar surface area (TPSA) is 58.6 Å². The van der Waals surface area contributed by atoms with Crippen LogP contribution in [-0.4, -0.2) is 71.8 Å².